The first-order valence-electron chi connectivity index (χ1n) is 6.60. The van der Waals surface area contributed by atoms with E-state index in [0.29, 0.717) is 11.7 Å². The highest BCUT2D eigenvalue weighted by Gasteiger charge is 2.18. The van der Waals surface area contributed by atoms with Crippen LogP contribution in [0.3, 0.4) is 0 Å². The zero-order chi connectivity index (χ0) is 13.4. The van der Waals surface area contributed by atoms with E-state index in [0.717, 1.165) is 30.6 Å². The molecule has 0 saturated heterocycles. The number of benzene rings is 1. The van der Waals surface area contributed by atoms with Gasteiger partial charge < -0.3 is 14.3 Å². The molecule has 1 N–H and O–H groups in total. The zero-order valence-corrected chi connectivity index (χ0v) is 10.8. The second-order valence-corrected chi connectivity index (χ2v) is 4.81. The maximum atomic E-state index is 5.42. The van der Waals surface area contributed by atoms with Crippen LogP contribution in [-0.2, 0) is 13.0 Å². The van der Waals surface area contributed by atoms with E-state index in [1.807, 2.05) is 18.2 Å². The van der Waals surface area contributed by atoms with Crippen LogP contribution in [0.5, 0.6) is 0 Å². The maximum absolute atomic E-state index is 5.42. The predicted molar refractivity (Wildman–Crippen MR) is 72.8 cm³/mol. The lowest BCUT2D eigenvalue weighted by Crippen LogP contribution is -2.24. The summed E-state index contributed by atoms with van der Waals surface area (Å²) in [5, 5.41) is 7.39. The van der Waals surface area contributed by atoms with Crippen molar-refractivity contribution in [2.75, 3.05) is 6.54 Å². The molecule has 3 heterocycles. The number of aromatic nitrogens is 2. The molecular formula is C15H13N3O2. The Morgan fingerprint density at radius 2 is 2.20 bits per heavy atom. The number of fused-ring (bicyclic) bond motifs is 1. The minimum Gasteiger partial charge on any atom is -0.472 e. The summed E-state index contributed by atoms with van der Waals surface area (Å²) in [6, 6.07) is 8.02. The van der Waals surface area contributed by atoms with Gasteiger partial charge in [0.25, 0.3) is 5.89 Å². The molecule has 0 radical (unpaired) electrons. The number of rotatable bonds is 2. The highest BCUT2D eigenvalue weighted by Crippen LogP contribution is 2.28. The molecule has 2 aromatic heterocycles. The lowest BCUT2D eigenvalue weighted by molar-refractivity contribution is 0.431. The molecule has 1 aliphatic heterocycles. The Morgan fingerprint density at radius 3 is 3.10 bits per heavy atom. The van der Waals surface area contributed by atoms with Crippen molar-refractivity contribution in [2.24, 2.45) is 0 Å². The first-order chi connectivity index (χ1) is 9.92. The number of furan rings is 1. The van der Waals surface area contributed by atoms with Crippen LogP contribution in [0.2, 0.25) is 0 Å². The van der Waals surface area contributed by atoms with Crippen LogP contribution in [0, 0.1) is 0 Å². The van der Waals surface area contributed by atoms with Crippen LogP contribution in [0.4, 0.5) is 0 Å². The molecule has 0 unspecified atom stereocenters. The Balaban J connectivity index is 1.78. The van der Waals surface area contributed by atoms with Gasteiger partial charge in [0, 0.05) is 12.1 Å². The normalized spacial score (nSPS) is 14.2. The molecule has 4 rings (SSSR count). The van der Waals surface area contributed by atoms with Crippen molar-refractivity contribution in [3.05, 3.63) is 47.9 Å². The minimum absolute atomic E-state index is 0.556. The van der Waals surface area contributed by atoms with Crippen LogP contribution < -0.4 is 5.32 Å². The van der Waals surface area contributed by atoms with Crippen molar-refractivity contribution in [1.29, 1.82) is 0 Å². The summed E-state index contributed by atoms with van der Waals surface area (Å²) in [5.41, 5.74) is 4.46. The van der Waals surface area contributed by atoms with Gasteiger partial charge in [-0.25, -0.2) is 0 Å². The maximum Gasteiger partial charge on any atom is 0.258 e. The van der Waals surface area contributed by atoms with E-state index in [1.54, 1.807) is 12.5 Å². The molecule has 0 amide bonds. The van der Waals surface area contributed by atoms with E-state index >= 15 is 0 Å². The van der Waals surface area contributed by atoms with Gasteiger partial charge in [-0.2, -0.15) is 4.98 Å². The lowest BCUT2D eigenvalue weighted by Gasteiger charge is -2.18. The van der Waals surface area contributed by atoms with Gasteiger partial charge in [-0.3, -0.25) is 0 Å². The Kier molecular flexibility index (Phi) is 2.63. The van der Waals surface area contributed by atoms with Crippen molar-refractivity contribution < 1.29 is 8.94 Å². The van der Waals surface area contributed by atoms with E-state index in [2.05, 4.69) is 21.5 Å². The highest BCUT2D eigenvalue weighted by molar-refractivity contribution is 5.64. The molecule has 3 aromatic rings. The molecule has 0 bridgehead atoms. The summed E-state index contributed by atoms with van der Waals surface area (Å²) < 4.78 is 10.5. The highest BCUT2D eigenvalue weighted by atomic mass is 16.5. The molecular weight excluding hydrogens is 254 g/mol. The number of hydrogen-bond acceptors (Lipinski definition) is 5. The fraction of sp³-hybridized carbons (Fsp3) is 0.200. The van der Waals surface area contributed by atoms with Gasteiger partial charge in [0.1, 0.15) is 6.26 Å². The summed E-state index contributed by atoms with van der Waals surface area (Å²) in [5.74, 6) is 1.13. The molecule has 1 aliphatic rings. The van der Waals surface area contributed by atoms with E-state index in [-0.39, 0.29) is 0 Å². The average molecular weight is 267 g/mol. The van der Waals surface area contributed by atoms with E-state index in [4.69, 9.17) is 8.94 Å². The summed E-state index contributed by atoms with van der Waals surface area (Å²) in [7, 11) is 0. The first-order valence-corrected chi connectivity index (χ1v) is 6.60. The van der Waals surface area contributed by atoms with E-state index in [9.17, 15) is 0 Å². The van der Waals surface area contributed by atoms with Crippen LogP contribution >= 0.6 is 0 Å². The molecule has 0 aliphatic carbocycles. The van der Waals surface area contributed by atoms with Gasteiger partial charge in [0.2, 0.25) is 5.82 Å². The van der Waals surface area contributed by atoms with Gasteiger partial charge in [-0.15, -0.1) is 0 Å². The monoisotopic (exact) mass is 267 g/mol. The number of hydrogen-bond donors (Lipinski definition) is 1. The van der Waals surface area contributed by atoms with Crippen molar-refractivity contribution in [3.8, 4) is 22.8 Å². The third-order valence-electron chi connectivity index (χ3n) is 3.58. The Hall–Kier alpha value is -2.40. The molecule has 20 heavy (non-hydrogen) atoms. The second-order valence-electron chi connectivity index (χ2n) is 4.81. The fourth-order valence-electron chi connectivity index (χ4n) is 2.57. The van der Waals surface area contributed by atoms with Crippen LogP contribution in [0.15, 0.2) is 45.7 Å². The Bertz CT molecular complexity index is 731. The fourth-order valence-corrected chi connectivity index (χ4v) is 2.57. The lowest BCUT2D eigenvalue weighted by atomic mass is 9.95. The SMILES string of the molecule is c1cc2c(c(-c3nc(-c4ccoc4)no3)c1)CCNC2. The quantitative estimate of drug-likeness (QED) is 0.773. The van der Waals surface area contributed by atoms with Gasteiger partial charge in [-0.1, -0.05) is 17.3 Å². The van der Waals surface area contributed by atoms with Crippen molar-refractivity contribution in [3.63, 3.8) is 0 Å². The molecule has 0 fully saturated rings. The zero-order valence-electron chi connectivity index (χ0n) is 10.8. The van der Waals surface area contributed by atoms with Crippen LogP contribution in [-0.4, -0.2) is 16.7 Å². The molecule has 5 nitrogen and oxygen atoms in total. The van der Waals surface area contributed by atoms with E-state index < -0.39 is 0 Å². The summed E-state index contributed by atoms with van der Waals surface area (Å²) in [4.78, 5) is 4.47. The van der Waals surface area contributed by atoms with Gasteiger partial charge in [0.15, 0.2) is 0 Å². The van der Waals surface area contributed by atoms with E-state index in [1.165, 1.54) is 11.1 Å². The topological polar surface area (TPSA) is 64.1 Å². The van der Waals surface area contributed by atoms with Crippen LogP contribution in [0.25, 0.3) is 22.8 Å². The molecule has 100 valence electrons. The van der Waals surface area contributed by atoms with Crippen LogP contribution in [0.1, 0.15) is 11.1 Å². The van der Waals surface area contributed by atoms with Gasteiger partial charge in [-0.05, 0) is 36.2 Å². The third-order valence-corrected chi connectivity index (χ3v) is 3.58. The first kappa shape index (κ1) is 11.4. The van der Waals surface area contributed by atoms with Gasteiger partial charge in [0.05, 0.1) is 11.8 Å². The molecule has 5 heteroatoms. The third kappa shape index (κ3) is 1.83. The Morgan fingerprint density at radius 1 is 1.20 bits per heavy atom. The van der Waals surface area contributed by atoms with Crippen molar-refractivity contribution in [1.82, 2.24) is 15.5 Å². The number of nitrogens with one attached hydrogen (secondary N) is 1. The Labute approximate surface area is 115 Å². The molecule has 0 atom stereocenters. The summed E-state index contributed by atoms with van der Waals surface area (Å²) in [6.07, 6.45) is 4.19. The number of nitrogens with zero attached hydrogens (tertiary/aromatic N) is 2. The molecule has 0 spiro atoms. The standard InChI is InChI=1S/C15H13N3O2/c1-2-10-8-16-6-4-12(10)13(3-1)15-17-14(18-20-15)11-5-7-19-9-11/h1-3,5,7,9,16H,4,6,8H2. The largest absolute Gasteiger partial charge is 0.472 e. The smallest absolute Gasteiger partial charge is 0.258 e. The second kappa shape index (κ2) is 4.61. The van der Waals surface area contributed by atoms with Crippen molar-refractivity contribution >= 4 is 0 Å². The minimum atomic E-state index is 0.556. The predicted octanol–water partition coefficient (Wildman–Crippen LogP) is 2.64. The average Bonchev–Trinajstić information content (AvgIpc) is 3.17. The molecule has 0 saturated carbocycles. The van der Waals surface area contributed by atoms with Crippen molar-refractivity contribution in [2.45, 2.75) is 13.0 Å². The van der Waals surface area contributed by atoms with Gasteiger partial charge >= 0.3 is 0 Å². The summed E-state index contributed by atoms with van der Waals surface area (Å²) >= 11 is 0. The molecule has 1 aromatic carbocycles. The summed E-state index contributed by atoms with van der Waals surface area (Å²) in [6.45, 7) is 1.87.